The van der Waals surface area contributed by atoms with Gasteiger partial charge in [-0.05, 0) is 63.1 Å². The van der Waals surface area contributed by atoms with E-state index in [4.69, 9.17) is 0 Å². The van der Waals surface area contributed by atoms with E-state index in [1.165, 1.54) is 37.1 Å². The molecule has 0 radical (unpaired) electrons. The zero-order valence-corrected chi connectivity index (χ0v) is 21.7. The smallest absolute Gasteiger partial charge is 0.220 e. The van der Waals surface area contributed by atoms with Gasteiger partial charge >= 0.3 is 0 Å². The van der Waals surface area contributed by atoms with Gasteiger partial charge in [0.25, 0.3) is 0 Å². The standard InChI is InChI=1S/C24H39N5O.HI/c1-19-4-6-22(7-5-19)18-28-12-8-21(9-13-28)17-27-24(26-3)29-14-10-20(11-15-29)16-23(30)25-2;/h4-7,20-21H,8-18H2,1-3H3,(H,25,30)(H,26,27);1H. The number of nitrogens with one attached hydrogen (secondary N) is 2. The molecular formula is C24H40IN5O. The Hall–Kier alpha value is -1.35. The van der Waals surface area contributed by atoms with E-state index in [0.29, 0.717) is 18.3 Å². The molecule has 2 saturated heterocycles. The molecule has 0 unspecified atom stereocenters. The lowest BCUT2D eigenvalue weighted by Gasteiger charge is -2.36. The van der Waals surface area contributed by atoms with E-state index in [2.05, 4.69) is 56.6 Å². The number of benzene rings is 1. The second kappa shape index (κ2) is 13.3. The van der Waals surface area contributed by atoms with Crippen LogP contribution in [0.2, 0.25) is 0 Å². The van der Waals surface area contributed by atoms with E-state index < -0.39 is 0 Å². The molecule has 0 spiro atoms. The van der Waals surface area contributed by atoms with E-state index >= 15 is 0 Å². The topological polar surface area (TPSA) is 60.0 Å². The van der Waals surface area contributed by atoms with Crippen LogP contribution < -0.4 is 10.6 Å². The molecule has 1 amide bonds. The van der Waals surface area contributed by atoms with E-state index in [0.717, 1.165) is 45.0 Å². The highest BCUT2D eigenvalue weighted by molar-refractivity contribution is 14.0. The molecule has 2 N–H and O–H groups in total. The lowest BCUT2D eigenvalue weighted by Crippen LogP contribution is -2.48. The van der Waals surface area contributed by atoms with Crippen molar-refractivity contribution < 1.29 is 4.79 Å². The summed E-state index contributed by atoms with van der Waals surface area (Å²) >= 11 is 0. The molecule has 0 atom stereocenters. The van der Waals surface area contributed by atoms with Gasteiger partial charge < -0.3 is 15.5 Å². The quantitative estimate of drug-likeness (QED) is 0.330. The molecule has 1 aromatic carbocycles. The maximum absolute atomic E-state index is 11.6. The number of aliphatic imine (C=N–C) groups is 1. The first-order chi connectivity index (χ1) is 14.6. The summed E-state index contributed by atoms with van der Waals surface area (Å²) in [7, 11) is 3.60. The zero-order valence-electron chi connectivity index (χ0n) is 19.4. The number of guanidine groups is 1. The van der Waals surface area contributed by atoms with Gasteiger partial charge in [0.2, 0.25) is 5.91 Å². The van der Waals surface area contributed by atoms with Gasteiger partial charge in [-0.1, -0.05) is 29.8 Å². The summed E-state index contributed by atoms with van der Waals surface area (Å²) in [5.74, 6) is 2.39. The number of rotatable bonds is 6. The number of amides is 1. The van der Waals surface area contributed by atoms with Crippen molar-refractivity contribution in [3.8, 4) is 0 Å². The Morgan fingerprint density at radius 3 is 2.23 bits per heavy atom. The molecule has 6 nitrogen and oxygen atoms in total. The summed E-state index contributed by atoms with van der Waals surface area (Å²) in [4.78, 5) is 21.1. The Labute approximate surface area is 205 Å². The van der Waals surface area contributed by atoms with Crippen molar-refractivity contribution in [3.05, 3.63) is 35.4 Å². The summed E-state index contributed by atoms with van der Waals surface area (Å²) < 4.78 is 0. The normalized spacial score (nSPS) is 19.1. The van der Waals surface area contributed by atoms with Crippen molar-refractivity contribution in [2.24, 2.45) is 16.8 Å². The van der Waals surface area contributed by atoms with Gasteiger partial charge in [0, 0.05) is 46.7 Å². The van der Waals surface area contributed by atoms with E-state index in [1.54, 1.807) is 7.05 Å². The van der Waals surface area contributed by atoms with Crippen molar-refractivity contribution in [3.63, 3.8) is 0 Å². The Balaban J connectivity index is 0.00000341. The molecule has 3 rings (SSSR count). The number of aryl methyl sites for hydroxylation is 1. The molecule has 7 heteroatoms. The first-order valence-corrected chi connectivity index (χ1v) is 11.5. The predicted molar refractivity (Wildman–Crippen MR) is 139 cm³/mol. The molecular weight excluding hydrogens is 501 g/mol. The highest BCUT2D eigenvalue weighted by Gasteiger charge is 2.24. The SMILES string of the molecule is CN=C(NCC1CCN(Cc2ccc(C)cc2)CC1)N1CCC(CC(=O)NC)CC1.I. The van der Waals surface area contributed by atoms with Crippen LogP contribution >= 0.6 is 24.0 Å². The van der Waals surface area contributed by atoms with Crippen LogP contribution in [0.25, 0.3) is 0 Å². The summed E-state index contributed by atoms with van der Waals surface area (Å²) in [6, 6.07) is 8.92. The van der Waals surface area contributed by atoms with Gasteiger partial charge in [-0.15, -0.1) is 24.0 Å². The van der Waals surface area contributed by atoms with Crippen molar-refractivity contribution >= 4 is 35.8 Å². The van der Waals surface area contributed by atoms with Crippen LogP contribution in [0, 0.1) is 18.8 Å². The molecule has 0 aliphatic carbocycles. The monoisotopic (exact) mass is 541 g/mol. The average Bonchev–Trinajstić information content (AvgIpc) is 2.78. The van der Waals surface area contributed by atoms with Crippen molar-refractivity contribution in [1.29, 1.82) is 0 Å². The number of piperidine rings is 2. The third-order valence-corrected chi connectivity index (χ3v) is 6.66. The average molecular weight is 542 g/mol. The number of carbonyl (C=O) groups excluding carboxylic acids is 1. The van der Waals surface area contributed by atoms with Crippen LogP contribution in [-0.4, -0.2) is 68.5 Å². The largest absolute Gasteiger partial charge is 0.359 e. The number of carbonyl (C=O) groups is 1. The maximum Gasteiger partial charge on any atom is 0.220 e. The zero-order chi connectivity index (χ0) is 21.3. The van der Waals surface area contributed by atoms with Crippen LogP contribution in [0.3, 0.4) is 0 Å². The molecule has 0 bridgehead atoms. The summed E-state index contributed by atoms with van der Waals surface area (Å²) in [6.45, 7) is 8.51. The number of nitrogens with zero attached hydrogens (tertiary/aromatic N) is 3. The summed E-state index contributed by atoms with van der Waals surface area (Å²) in [5, 5.41) is 6.37. The fraction of sp³-hybridized carbons (Fsp3) is 0.667. The molecule has 0 saturated carbocycles. The molecule has 0 aromatic heterocycles. The Bertz CT molecular complexity index is 692. The number of likely N-dealkylation sites (tertiary alicyclic amines) is 2. The second-order valence-corrected chi connectivity index (χ2v) is 8.94. The van der Waals surface area contributed by atoms with Gasteiger partial charge in [-0.25, -0.2) is 0 Å². The Kier molecular flexibility index (Phi) is 11.1. The minimum atomic E-state index is 0. The molecule has 2 aliphatic rings. The summed E-state index contributed by atoms with van der Waals surface area (Å²) in [5.41, 5.74) is 2.74. The van der Waals surface area contributed by atoms with Crippen LogP contribution in [-0.2, 0) is 11.3 Å². The molecule has 1 aromatic rings. The molecule has 2 heterocycles. The van der Waals surface area contributed by atoms with Crippen LogP contribution in [0.15, 0.2) is 29.3 Å². The lowest BCUT2D eigenvalue weighted by atomic mass is 9.93. The number of hydrogen-bond donors (Lipinski definition) is 2. The maximum atomic E-state index is 11.6. The molecule has 31 heavy (non-hydrogen) atoms. The van der Waals surface area contributed by atoms with Crippen LogP contribution in [0.1, 0.15) is 43.2 Å². The van der Waals surface area contributed by atoms with E-state index in [-0.39, 0.29) is 29.9 Å². The van der Waals surface area contributed by atoms with Crippen molar-refractivity contribution in [2.45, 2.75) is 45.6 Å². The first kappa shape index (κ1) is 25.9. The number of halogens is 1. The Morgan fingerprint density at radius 1 is 1.03 bits per heavy atom. The van der Waals surface area contributed by atoms with Gasteiger partial charge in [0.05, 0.1) is 0 Å². The predicted octanol–water partition coefficient (Wildman–Crippen LogP) is 3.25. The lowest BCUT2D eigenvalue weighted by molar-refractivity contribution is -0.121. The van der Waals surface area contributed by atoms with Crippen LogP contribution in [0.5, 0.6) is 0 Å². The highest BCUT2D eigenvalue weighted by atomic mass is 127. The minimum Gasteiger partial charge on any atom is -0.359 e. The van der Waals surface area contributed by atoms with Gasteiger partial charge in [0.1, 0.15) is 0 Å². The fourth-order valence-electron chi connectivity index (χ4n) is 4.58. The third kappa shape index (κ3) is 8.25. The number of hydrogen-bond acceptors (Lipinski definition) is 3. The van der Waals surface area contributed by atoms with Crippen molar-refractivity contribution in [2.75, 3.05) is 46.8 Å². The Morgan fingerprint density at radius 2 is 1.65 bits per heavy atom. The first-order valence-electron chi connectivity index (χ1n) is 11.5. The molecule has 174 valence electrons. The van der Waals surface area contributed by atoms with Gasteiger partial charge in [-0.3, -0.25) is 14.7 Å². The molecule has 2 aliphatic heterocycles. The minimum absolute atomic E-state index is 0. The van der Waals surface area contributed by atoms with E-state index in [1.807, 2.05) is 7.05 Å². The third-order valence-electron chi connectivity index (χ3n) is 6.66. The van der Waals surface area contributed by atoms with Crippen LogP contribution in [0.4, 0.5) is 0 Å². The van der Waals surface area contributed by atoms with Gasteiger partial charge in [0.15, 0.2) is 5.96 Å². The summed E-state index contributed by atoms with van der Waals surface area (Å²) in [6.07, 6.45) is 5.25. The highest BCUT2D eigenvalue weighted by Crippen LogP contribution is 2.21. The molecule has 2 fully saturated rings. The van der Waals surface area contributed by atoms with E-state index in [9.17, 15) is 4.79 Å². The van der Waals surface area contributed by atoms with Crippen molar-refractivity contribution in [1.82, 2.24) is 20.4 Å². The fourth-order valence-corrected chi connectivity index (χ4v) is 4.58. The second-order valence-electron chi connectivity index (χ2n) is 8.94. The van der Waals surface area contributed by atoms with Gasteiger partial charge in [-0.2, -0.15) is 0 Å².